The molecule has 0 unspecified atom stereocenters. The van der Waals surface area contributed by atoms with E-state index in [0.717, 1.165) is 67.0 Å². The van der Waals surface area contributed by atoms with E-state index in [2.05, 4.69) is 47.1 Å². The molecule has 1 aromatic heterocycles. The van der Waals surface area contributed by atoms with E-state index in [1.807, 2.05) is 36.5 Å². The number of hydrogen-bond acceptors (Lipinski definition) is 4. The molecule has 1 N–H and O–H groups in total. The minimum absolute atomic E-state index is 0.481. The van der Waals surface area contributed by atoms with Crippen LogP contribution in [-0.2, 0) is 12.2 Å². The van der Waals surface area contributed by atoms with Crippen LogP contribution >= 0.6 is 11.6 Å². The molecule has 2 fully saturated rings. The molecule has 2 aliphatic heterocycles. The average molecular weight is 513 g/mol. The van der Waals surface area contributed by atoms with Crippen LogP contribution in [0.4, 0.5) is 0 Å². The van der Waals surface area contributed by atoms with Crippen LogP contribution in [0.5, 0.6) is 5.75 Å². The molecule has 4 nitrogen and oxygen atoms in total. The Kier molecular flexibility index (Phi) is 6.66. The minimum atomic E-state index is -0.772. The van der Waals surface area contributed by atoms with Crippen LogP contribution in [0.1, 0.15) is 67.0 Å². The quantitative estimate of drug-likeness (QED) is 0.399. The predicted octanol–water partition coefficient (Wildman–Crippen LogP) is 7.00. The Bertz CT molecular complexity index is 1360. The van der Waals surface area contributed by atoms with E-state index >= 15 is 0 Å². The summed E-state index contributed by atoms with van der Waals surface area (Å²) < 4.78 is 6.22. The number of likely N-dealkylation sites (tertiary alicyclic amines) is 1. The third kappa shape index (κ3) is 5.11. The molecule has 0 bridgehead atoms. The zero-order valence-electron chi connectivity index (χ0n) is 21.3. The van der Waals surface area contributed by atoms with Crippen LogP contribution in [0.15, 0.2) is 72.4 Å². The molecular formula is C32H33ClN2O2. The zero-order chi connectivity index (χ0) is 25.4. The molecule has 0 amide bonds. The third-order valence-electron chi connectivity index (χ3n) is 8.14. The lowest BCUT2D eigenvalue weighted by Crippen LogP contribution is -2.42. The smallest absolute Gasteiger partial charge is 0.131 e. The number of aromatic nitrogens is 1. The third-order valence-corrected chi connectivity index (χ3v) is 8.39. The summed E-state index contributed by atoms with van der Waals surface area (Å²) in [4.78, 5) is 7.09. The van der Waals surface area contributed by atoms with Crippen molar-refractivity contribution in [2.75, 3.05) is 19.6 Å². The van der Waals surface area contributed by atoms with Gasteiger partial charge < -0.3 is 14.7 Å². The van der Waals surface area contributed by atoms with Crippen molar-refractivity contribution in [2.24, 2.45) is 0 Å². The number of nitrogens with zero attached hydrogens (tertiary/aromatic N) is 2. The predicted molar refractivity (Wildman–Crippen MR) is 150 cm³/mol. The molecule has 0 atom stereocenters. The summed E-state index contributed by atoms with van der Waals surface area (Å²) in [7, 11) is 0. The van der Waals surface area contributed by atoms with E-state index in [-0.39, 0.29) is 0 Å². The Morgan fingerprint density at radius 2 is 1.86 bits per heavy atom. The zero-order valence-corrected chi connectivity index (χ0v) is 22.1. The van der Waals surface area contributed by atoms with Gasteiger partial charge >= 0.3 is 0 Å². The second-order valence-electron chi connectivity index (χ2n) is 10.5. The molecule has 0 spiro atoms. The van der Waals surface area contributed by atoms with E-state index in [4.69, 9.17) is 16.3 Å². The van der Waals surface area contributed by atoms with Crippen LogP contribution in [-0.4, -0.2) is 34.6 Å². The van der Waals surface area contributed by atoms with Crippen LogP contribution in [0.2, 0.25) is 5.02 Å². The SMILES string of the molecule is CC(=C1CC1)c1ccc2c(c1)/C(=C/CCN1CCC(O)(c3ccc(Cl)cc3)CC1)c1cccnc1CO2. The van der Waals surface area contributed by atoms with Gasteiger partial charge in [-0.15, -0.1) is 0 Å². The maximum atomic E-state index is 11.2. The van der Waals surface area contributed by atoms with E-state index in [1.54, 1.807) is 5.57 Å². The molecule has 0 radical (unpaired) electrons. The summed E-state index contributed by atoms with van der Waals surface area (Å²) in [5.74, 6) is 0.924. The maximum Gasteiger partial charge on any atom is 0.131 e. The Morgan fingerprint density at radius 1 is 1.08 bits per heavy atom. The number of ether oxygens (including phenoxy) is 1. The van der Waals surface area contributed by atoms with Gasteiger partial charge in [-0.05, 0) is 91.6 Å². The highest BCUT2D eigenvalue weighted by Gasteiger charge is 2.33. The van der Waals surface area contributed by atoms with Gasteiger partial charge in [0.2, 0.25) is 0 Å². The lowest BCUT2D eigenvalue weighted by Gasteiger charge is -2.38. The Morgan fingerprint density at radius 3 is 2.62 bits per heavy atom. The van der Waals surface area contributed by atoms with Gasteiger partial charge in [-0.3, -0.25) is 4.98 Å². The first-order valence-electron chi connectivity index (χ1n) is 13.3. The summed E-state index contributed by atoms with van der Waals surface area (Å²) >= 11 is 6.05. The molecule has 1 aliphatic carbocycles. The summed E-state index contributed by atoms with van der Waals surface area (Å²) in [6.07, 6.45) is 9.02. The summed E-state index contributed by atoms with van der Waals surface area (Å²) in [6, 6.07) is 18.4. The van der Waals surface area contributed by atoms with Crippen molar-refractivity contribution < 1.29 is 9.84 Å². The number of hydrogen-bond donors (Lipinski definition) is 1. The number of pyridine rings is 1. The van der Waals surface area contributed by atoms with Gasteiger partial charge in [0.1, 0.15) is 12.4 Å². The molecule has 5 heteroatoms. The molecule has 6 rings (SSSR count). The van der Waals surface area contributed by atoms with Crippen LogP contribution in [0.25, 0.3) is 11.1 Å². The molecule has 37 heavy (non-hydrogen) atoms. The monoisotopic (exact) mass is 512 g/mol. The normalized spacial score (nSPS) is 19.5. The highest BCUT2D eigenvalue weighted by molar-refractivity contribution is 6.30. The topological polar surface area (TPSA) is 45.6 Å². The number of allylic oxidation sites excluding steroid dienone is 2. The van der Waals surface area contributed by atoms with Gasteiger partial charge in [0, 0.05) is 42.0 Å². The molecule has 190 valence electrons. The van der Waals surface area contributed by atoms with Gasteiger partial charge in [0.25, 0.3) is 0 Å². The molecule has 3 heterocycles. The van der Waals surface area contributed by atoms with Crippen molar-refractivity contribution in [3.8, 4) is 5.75 Å². The molecule has 1 saturated heterocycles. The van der Waals surface area contributed by atoms with Crippen LogP contribution < -0.4 is 4.74 Å². The van der Waals surface area contributed by atoms with Crippen molar-refractivity contribution in [3.05, 3.63) is 105 Å². The Hall–Kier alpha value is -2.92. The van der Waals surface area contributed by atoms with Crippen LogP contribution in [0, 0.1) is 0 Å². The summed E-state index contributed by atoms with van der Waals surface area (Å²) in [6.45, 7) is 5.42. The van der Waals surface area contributed by atoms with Crippen molar-refractivity contribution in [1.82, 2.24) is 9.88 Å². The fourth-order valence-electron chi connectivity index (χ4n) is 5.64. The molecular weight excluding hydrogens is 480 g/mol. The molecule has 3 aliphatic rings. The lowest BCUT2D eigenvalue weighted by atomic mass is 9.84. The number of fused-ring (bicyclic) bond motifs is 2. The second-order valence-corrected chi connectivity index (χ2v) is 10.9. The van der Waals surface area contributed by atoms with Crippen molar-refractivity contribution in [3.63, 3.8) is 0 Å². The first-order chi connectivity index (χ1) is 18.0. The number of aliphatic hydroxyl groups is 1. The number of halogens is 1. The van der Waals surface area contributed by atoms with Crippen molar-refractivity contribution >= 4 is 22.7 Å². The van der Waals surface area contributed by atoms with Crippen LogP contribution in [0.3, 0.4) is 0 Å². The number of piperidine rings is 1. The first-order valence-corrected chi connectivity index (χ1v) is 13.7. The highest BCUT2D eigenvalue weighted by atomic mass is 35.5. The largest absolute Gasteiger partial charge is 0.487 e. The minimum Gasteiger partial charge on any atom is -0.487 e. The van der Waals surface area contributed by atoms with E-state index in [9.17, 15) is 5.11 Å². The van der Waals surface area contributed by atoms with E-state index in [1.165, 1.54) is 29.6 Å². The van der Waals surface area contributed by atoms with E-state index < -0.39 is 5.60 Å². The van der Waals surface area contributed by atoms with Gasteiger partial charge in [0.15, 0.2) is 0 Å². The standard InChI is InChI=1S/C32H33ClN2O2/c1-22(23-6-7-23)24-8-13-31-29(20-24)27(28-4-2-16-34-30(28)21-37-31)5-3-17-35-18-14-32(36,15-19-35)25-9-11-26(33)12-10-25/h2,4-5,8-13,16,20,36H,3,6-7,14-15,17-19,21H2,1H3/b27-5+. The summed E-state index contributed by atoms with van der Waals surface area (Å²) in [5.41, 5.74) is 8.94. The van der Waals surface area contributed by atoms with Gasteiger partial charge in [-0.1, -0.05) is 47.5 Å². The summed E-state index contributed by atoms with van der Waals surface area (Å²) in [5, 5.41) is 11.9. The second kappa shape index (κ2) is 10.1. The fourth-order valence-corrected chi connectivity index (χ4v) is 5.76. The molecule has 2 aromatic carbocycles. The molecule has 3 aromatic rings. The van der Waals surface area contributed by atoms with Gasteiger partial charge in [0.05, 0.1) is 11.3 Å². The maximum absolute atomic E-state index is 11.2. The first kappa shape index (κ1) is 24.4. The fraction of sp³-hybridized carbons (Fsp3) is 0.344. The van der Waals surface area contributed by atoms with Crippen molar-refractivity contribution in [1.29, 1.82) is 0 Å². The van der Waals surface area contributed by atoms with Gasteiger partial charge in [-0.25, -0.2) is 0 Å². The van der Waals surface area contributed by atoms with Crippen molar-refractivity contribution in [2.45, 2.75) is 51.2 Å². The molecule has 1 saturated carbocycles. The number of benzene rings is 2. The van der Waals surface area contributed by atoms with E-state index in [0.29, 0.717) is 11.6 Å². The average Bonchev–Trinajstić information content (AvgIpc) is 3.78. The lowest BCUT2D eigenvalue weighted by molar-refractivity contribution is -0.0254. The number of rotatable bonds is 5. The Labute approximate surface area is 224 Å². The Balaban J connectivity index is 1.21. The highest BCUT2D eigenvalue weighted by Crippen LogP contribution is 2.41. The van der Waals surface area contributed by atoms with Gasteiger partial charge in [-0.2, -0.15) is 0 Å².